The van der Waals surface area contributed by atoms with E-state index in [1.54, 1.807) is 34.1 Å². The van der Waals surface area contributed by atoms with Crippen molar-refractivity contribution in [2.75, 3.05) is 50.8 Å². The summed E-state index contributed by atoms with van der Waals surface area (Å²) in [4.78, 5) is 29.1. The second-order valence-electron chi connectivity index (χ2n) is 8.72. The van der Waals surface area contributed by atoms with E-state index in [1.807, 2.05) is 30.3 Å². The van der Waals surface area contributed by atoms with Gasteiger partial charge in [0.05, 0.1) is 5.92 Å². The van der Waals surface area contributed by atoms with Crippen LogP contribution < -0.4 is 14.4 Å². The van der Waals surface area contributed by atoms with E-state index in [-0.39, 0.29) is 37.9 Å². The van der Waals surface area contributed by atoms with E-state index in [0.29, 0.717) is 43.5 Å². The molecule has 0 spiro atoms. The van der Waals surface area contributed by atoms with Gasteiger partial charge in [-0.15, -0.1) is 0 Å². The van der Waals surface area contributed by atoms with Gasteiger partial charge in [0.25, 0.3) is 0 Å². The minimum Gasteiger partial charge on any atom is -0.486 e. The Labute approximate surface area is 204 Å². The van der Waals surface area contributed by atoms with Crippen molar-refractivity contribution in [2.45, 2.75) is 6.42 Å². The normalized spacial score (nSPS) is 21.0. The van der Waals surface area contributed by atoms with Crippen LogP contribution in [0.15, 0.2) is 53.9 Å². The Hall–Kier alpha value is -3.37. The van der Waals surface area contributed by atoms with E-state index < -0.39 is 15.9 Å². The first-order valence-electron chi connectivity index (χ1n) is 11.6. The first kappa shape index (κ1) is 23.4. The standard InChI is InChI=1S/C25H27N3O6S/c29-24-16-20(18-28(24)21-6-7-22-23(17-21)34-14-13-33-22)25(30)26-9-11-27(12-10-26)35(31,32)15-8-19-4-2-1-3-5-19/h1-8,15,17,20H,9-14,16,18H2/b15-8+/t20-/m0/s1. The van der Waals surface area contributed by atoms with Crippen molar-refractivity contribution in [3.05, 3.63) is 59.5 Å². The average molecular weight is 498 g/mol. The number of amides is 2. The van der Waals surface area contributed by atoms with E-state index in [9.17, 15) is 18.0 Å². The van der Waals surface area contributed by atoms with Gasteiger partial charge in [-0.05, 0) is 23.8 Å². The Kier molecular flexibility index (Phi) is 6.48. The third-order valence-electron chi connectivity index (χ3n) is 6.45. The highest BCUT2D eigenvalue weighted by Gasteiger charge is 2.39. The minimum atomic E-state index is -3.58. The van der Waals surface area contributed by atoms with Crippen LogP contribution in [0.3, 0.4) is 0 Å². The first-order chi connectivity index (χ1) is 16.9. The number of anilines is 1. The van der Waals surface area contributed by atoms with Gasteiger partial charge in [0, 0.05) is 56.3 Å². The van der Waals surface area contributed by atoms with Crippen molar-refractivity contribution >= 4 is 33.6 Å². The van der Waals surface area contributed by atoms with Gasteiger partial charge in [0.2, 0.25) is 21.8 Å². The van der Waals surface area contributed by atoms with Gasteiger partial charge in [0.15, 0.2) is 11.5 Å². The molecule has 0 radical (unpaired) electrons. The van der Waals surface area contributed by atoms with Crippen molar-refractivity contribution < 1.29 is 27.5 Å². The fourth-order valence-electron chi connectivity index (χ4n) is 4.56. The number of hydrogen-bond donors (Lipinski definition) is 0. The molecule has 1 atom stereocenters. The summed E-state index contributed by atoms with van der Waals surface area (Å²) in [5.41, 5.74) is 1.48. The molecule has 184 valence electrons. The number of nitrogens with zero attached hydrogens (tertiary/aromatic N) is 3. The summed E-state index contributed by atoms with van der Waals surface area (Å²) in [6.07, 6.45) is 1.70. The van der Waals surface area contributed by atoms with E-state index in [4.69, 9.17) is 9.47 Å². The van der Waals surface area contributed by atoms with Crippen LogP contribution >= 0.6 is 0 Å². The van der Waals surface area contributed by atoms with Crippen LogP contribution in [0.1, 0.15) is 12.0 Å². The molecule has 2 aromatic rings. The maximum Gasteiger partial charge on any atom is 0.236 e. The van der Waals surface area contributed by atoms with Gasteiger partial charge in [0.1, 0.15) is 13.2 Å². The van der Waals surface area contributed by atoms with E-state index in [1.165, 1.54) is 9.71 Å². The van der Waals surface area contributed by atoms with E-state index >= 15 is 0 Å². The average Bonchev–Trinajstić information content (AvgIpc) is 3.29. The fraction of sp³-hybridized carbons (Fsp3) is 0.360. The number of carbonyl (C=O) groups excluding carboxylic acids is 2. The zero-order valence-electron chi connectivity index (χ0n) is 19.2. The summed E-state index contributed by atoms with van der Waals surface area (Å²) in [6, 6.07) is 14.6. The summed E-state index contributed by atoms with van der Waals surface area (Å²) in [7, 11) is -3.58. The predicted octanol–water partition coefficient (Wildman–Crippen LogP) is 1.96. The monoisotopic (exact) mass is 497 g/mol. The molecule has 0 unspecified atom stereocenters. The quantitative estimate of drug-likeness (QED) is 0.627. The minimum absolute atomic E-state index is 0.115. The Bertz CT molecular complexity index is 1240. The Morgan fingerprint density at radius 2 is 1.66 bits per heavy atom. The lowest BCUT2D eigenvalue weighted by Gasteiger charge is -2.34. The number of sulfonamides is 1. The van der Waals surface area contributed by atoms with Gasteiger partial charge >= 0.3 is 0 Å². The fourth-order valence-corrected chi connectivity index (χ4v) is 5.73. The van der Waals surface area contributed by atoms with Crippen LogP contribution in [0.25, 0.3) is 6.08 Å². The second kappa shape index (κ2) is 9.71. The summed E-state index contributed by atoms with van der Waals surface area (Å²) in [5.74, 6) is 0.542. The third-order valence-corrected chi connectivity index (χ3v) is 8.02. The largest absolute Gasteiger partial charge is 0.486 e. The number of rotatable bonds is 5. The SMILES string of the molecule is O=C([C@H]1CC(=O)N(c2ccc3c(c2)OCCO3)C1)N1CCN(S(=O)(=O)/C=C/c2ccccc2)CC1. The van der Waals surface area contributed by atoms with Crippen molar-refractivity contribution in [1.82, 2.24) is 9.21 Å². The molecule has 2 aromatic carbocycles. The van der Waals surface area contributed by atoms with Crippen LogP contribution in [-0.2, 0) is 19.6 Å². The highest BCUT2D eigenvalue weighted by molar-refractivity contribution is 7.92. The molecule has 0 N–H and O–H groups in total. The number of ether oxygens (including phenoxy) is 2. The molecule has 35 heavy (non-hydrogen) atoms. The summed E-state index contributed by atoms with van der Waals surface area (Å²) in [5, 5.41) is 1.21. The number of fused-ring (bicyclic) bond motifs is 1. The molecular formula is C25H27N3O6S. The molecule has 10 heteroatoms. The molecular weight excluding hydrogens is 470 g/mol. The molecule has 2 amide bonds. The topological polar surface area (TPSA) is 96.5 Å². The lowest BCUT2D eigenvalue weighted by Crippen LogP contribution is -2.51. The Morgan fingerprint density at radius 3 is 2.40 bits per heavy atom. The van der Waals surface area contributed by atoms with Crippen LogP contribution in [0.5, 0.6) is 11.5 Å². The van der Waals surface area contributed by atoms with E-state index in [2.05, 4.69) is 0 Å². The lowest BCUT2D eigenvalue weighted by molar-refractivity contribution is -0.136. The molecule has 0 aliphatic carbocycles. The molecule has 5 rings (SSSR count). The number of piperazine rings is 1. The maximum absolute atomic E-state index is 13.1. The van der Waals surface area contributed by atoms with Gasteiger partial charge in [-0.2, -0.15) is 4.31 Å². The zero-order chi connectivity index (χ0) is 24.4. The third kappa shape index (κ3) is 5.03. The van der Waals surface area contributed by atoms with Crippen LogP contribution in [0, 0.1) is 5.92 Å². The van der Waals surface area contributed by atoms with Crippen molar-refractivity contribution in [3.8, 4) is 11.5 Å². The van der Waals surface area contributed by atoms with E-state index in [0.717, 1.165) is 5.56 Å². The maximum atomic E-state index is 13.1. The lowest BCUT2D eigenvalue weighted by atomic mass is 10.1. The predicted molar refractivity (Wildman–Crippen MR) is 130 cm³/mol. The van der Waals surface area contributed by atoms with Gasteiger partial charge in [-0.1, -0.05) is 30.3 Å². The van der Waals surface area contributed by atoms with Crippen LogP contribution in [0.2, 0.25) is 0 Å². The van der Waals surface area contributed by atoms with Gasteiger partial charge in [-0.3, -0.25) is 9.59 Å². The van der Waals surface area contributed by atoms with Crippen molar-refractivity contribution in [3.63, 3.8) is 0 Å². The van der Waals surface area contributed by atoms with Crippen molar-refractivity contribution in [2.24, 2.45) is 5.92 Å². The molecule has 3 aliphatic heterocycles. The highest BCUT2D eigenvalue weighted by Crippen LogP contribution is 2.36. The molecule has 9 nitrogen and oxygen atoms in total. The molecule has 0 aromatic heterocycles. The summed E-state index contributed by atoms with van der Waals surface area (Å²) >= 11 is 0. The molecule has 0 saturated carbocycles. The number of hydrogen-bond acceptors (Lipinski definition) is 6. The second-order valence-corrected chi connectivity index (χ2v) is 10.5. The number of benzene rings is 2. The Balaban J connectivity index is 1.18. The van der Waals surface area contributed by atoms with Gasteiger partial charge in [-0.25, -0.2) is 8.42 Å². The molecule has 2 fully saturated rings. The summed E-state index contributed by atoms with van der Waals surface area (Å²) < 4.78 is 37.9. The Morgan fingerprint density at radius 1 is 0.943 bits per heavy atom. The van der Waals surface area contributed by atoms with Gasteiger partial charge < -0.3 is 19.3 Å². The molecule has 3 aliphatic rings. The molecule has 0 bridgehead atoms. The molecule has 3 heterocycles. The smallest absolute Gasteiger partial charge is 0.236 e. The van der Waals surface area contributed by atoms with Crippen LogP contribution in [-0.4, -0.2) is 75.4 Å². The summed E-state index contributed by atoms with van der Waals surface area (Å²) in [6.45, 7) is 2.27. The number of carbonyl (C=O) groups is 2. The van der Waals surface area contributed by atoms with Crippen LogP contribution in [0.4, 0.5) is 5.69 Å². The first-order valence-corrected chi connectivity index (χ1v) is 13.1. The molecule has 2 saturated heterocycles. The zero-order valence-corrected chi connectivity index (χ0v) is 20.0. The van der Waals surface area contributed by atoms with Crippen molar-refractivity contribution in [1.29, 1.82) is 0 Å². The highest BCUT2D eigenvalue weighted by atomic mass is 32.2.